The van der Waals surface area contributed by atoms with Gasteiger partial charge in [-0.1, -0.05) is 124 Å². The van der Waals surface area contributed by atoms with Crippen LogP contribution in [-0.2, 0) is 33.5 Å². The first-order valence-electron chi connectivity index (χ1n) is 43.7. The number of rotatable bonds is 19. The molecule has 0 aliphatic carbocycles. The van der Waals surface area contributed by atoms with E-state index in [1.807, 2.05) is 145 Å². The second-order valence-electron chi connectivity index (χ2n) is 35.5. The molecule has 16 rings (SSSR count). The Morgan fingerprint density at radius 1 is 0.393 bits per heavy atom. The molecule has 0 radical (unpaired) electrons. The number of nitrogens with zero attached hydrogens (tertiary/aromatic N) is 11. The average Bonchev–Trinajstić information content (AvgIpc) is 1.33. The Morgan fingerprint density at radius 2 is 0.674 bits per heavy atom. The van der Waals surface area contributed by atoms with E-state index in [1.54, 1.807) is 82.9 Å². The Balaban J connectivity index is 0.000000156. The van der Waals surface area contributed by atoms with Gasteiger partial charge in [-0.15, -0.1) is 0 Å². The number of hydrogen-bond donors (Lipinski definition) is 2. The zero-order chi connectivity index (χ0) is 97.9. The van der Waals surface area contributed by atoms with Crippen LogP contribution in [0.15, 0.2) is 135 Å². The predicted octanol–water partition coefficient (Wildman–Crippen LogP) is 24.2. The lowest BCUT2D eigenvalue weighted by molar-refractivity contribution is -0.126. The van der Waals surface area contributed by atoms with Crippen LogP contribution >= 0.6 is 104 Å². The smallest absolute Gasteiger partial charge is 0.410 e. The fourth-order valence-electron chi connectivity index (χ4n) is 16.9. The molecule has 4 aliphatic rings. The third-order valence-corrected chi connectivity index (χ3v) is 26.6. The van der Waals surface area contributed by atoms with Crippen molar-refractivity contribution in [1.82, 2.24) is 59.9 Å². The van der Waals surface area contributed by atoms with Crippen molar-refractivity contribution < 1.29 is 61.8 Å². The Hall–Kier alpha value is -10.2. The summed E-state index contributed by atoms with van der Waals surface area (Å²) in [4.78, 5) is 77.8. The molecule has 135 heavy (non-hydrogen) atoms. The van der Waals surface area contributed by atoms with Gasteiger partial charge in [-0.3, -0.25) is 4.79 Å². The minimum atomic E-state index is -0.514. The molecule has 8 heterocycles. The lowest BCUT2D eigenvalue weighted by Crippen LogP contribution is -2.39. The standard InChI is InChI=1S/C27H31Cl2N3O4.C25H25Cl2N3O3.C22H23Cl2N3O2.C16H11Cl3N2O2.C10H20N2O2/c1-15-9-16(14-32(15)26(33)36-27(2,3)4)10-22-30-13-18-11-17(7-8-19(18)31-22)23-24(28)20(34-5)12-21(35-6)25(23)29;1-5-22(31)30-13-15(8-14(30)2)9-21-28-12-17-10-16(6-7-18(17)29-21)23-24(26)19(32-3)11-20(33-4)25(23)27;1-12-6-13(10-25-12)7-19-26-11-15-8-14(4-5-16(15)27-19)20-21(23)17(28-2)9-18(29-3)22(20)24;1-22-11-6-12(23-2)15(18)13(14(11)17)8-3-4-10-9(5-8)7-20-16(19)21-10;1-7-5-8(11)6-12(7)9(13)14-10(2,3)4/h7-8,11-13,15-16H,9-10,14H2,1-6H3;5-7,10-12,14-15H,1,8-9,13H2,2-4H3;4-5,8-9,11-13,25H,6-7,10H2,1-3H3;3-7H,1-2H3;7-8H,5-6,11H2,1-4H3/t15-,16-;14-,15-;12-,13-;;7-,8+/m111.1/s1. The minimum Gasteiger partial charge on any atom is -0.495 e. The number of likely N-dealkylation sites (tertiary alicyclic amines) is 3. The van der Waals surface area contributed by atoms with Gasteiger partial charge < -0.3 is 73.1 Å². The zero-order valence-electron chi connectivity index (χ0n) is 78.4. The first-order chi connectivity index (χ1) is 64.2. The molecule has 8 aromatic carbocycles. The van der Waals surface area contributed by atoms with Crippen LogP contribution in [-0.4, -0.2) is 197 Å². The van der Waals surface area contributed by atoms with Crippen LogP contribution in [0.1, 0.15) is 112 Å². The first kappa shape index (κ1) is 104. The molecule has 8 atom stereocenters. The summed E-state index contributed by atoms with van der Waals surface area (Å²) >= 11 is 58.1. The van der Waals surface area contributed by atoms with Gasteiger partial charge in [-0.05, 0) is 208 Å². The lowest BCUT2D eigenvalue weighted by atomic mass is 10.0. The molecule has 716 valence electrons. The maximum absolute atomic E-state index is 12.6. The largest absolute Gasteiger partial charge is 0.495 e. The zero-order valence-corrected chi connectivity index (χ0v) is 85.2. The molecule has 4 aromatic heterocycles. The van der Waals surface area contributed by atoms with E-state index >= 15 is 0 Å². The number of aromatic nitrogens is 8. The van der Waals surface area contributed by atoms with Crippen molar-refractivity contribution >= 4 is 166 Å². The molecule has 3 amide bonds. The van der Waals surface area contributed by atoms with E-state index in [2.05, 4.69) is 57.6 Å². The minimum absolute atomic E-state index is 0.0246. The highest BCUT2D eigenvalue weighted by Crippen LogP contribution is 2.51. The van der Waals surface area contributed by atoms with E-state index in [-0.39, 0.29) is 53.5 Å². The number of benzene rings is 8. The van der Waals surface area contributed by atoms with Gasteiger partial charge in [-0.2, -0.15) is 0 Å². The van der Waals surface area contributed by atoms with E-state index in [0.29, 0.717) is 159 Å². The van der Waals surface area contributed by atoms with Gasteiger partial charge in [-0.25, -0.2) is 49.5 Å². The van der Waals surface area contributed by atoms with E-state index in [0.717, 1.165) is 122 Å². The summed E-state index contributed by atoms with van der Waals surface area (Å²) in [6.45, 7) is 26.1. The van der Waals surface area contributed by atoms with Crippen molar-refractivity contribution in [3.63, 3.8) is 0 Å². The van der Waals surface area contributed by atoms with Crippen molar-refractivity contribution in [2.75, 3.05) is 83.1 Å². The van der Waals surface area contributed by atoms with E-state index in [1.165, 1.54) is 20.3 Å². The third kappa shape index (κ3) is 25.0. The van der Waals surface area contributed by atoms with E-state index in [9.17, 15) is 14.4 Å². The van der Waals surface area contributed by atoms with Gasteiger partial charge in [0.15, 0.2) is 0 Å². The third-order valence-electron chi connectivity index (χ3n) is 23.4. The molecule has 4 fully saturated rings. The number of carbonyl (C=O) groups is 3. The quantitative estimate of drug-likeness (QED) is 0.0561. The molecule has 4 aliphatic heterocycles. The number of nitrogens with two attached hydrogens (primary N) is 1. The molecule has 35 heteroatoms. The summed E-state index contributed by atoms with van der Waals surface area (Å²) in [5.41, 5.74) is 13.9. The molecule has 12 aromatic rings. The number of fused-ring (bicyclic) bond motifs is 4. The topological polar surface area (TPSA) is 294 Å². The van der Waals surface area contributed by atoms with Crippen LogP contribution in [0.5, 0.6) is 46.0 Å². The number of hydrogen-bond acceptors (Lipinski definition) is 23. The number of halogens is 9. The SMILES string of the molecule is C=CC(=O)N1C[C@@H](Cc2ncc3cc(-c4c(Cl)c(OC)cc(OC)c4Cl)ccc3n2)C[C@H]1C.COc1cc(OC)c(Cl)c(-c2ccc3nc(C[C@@H]4CN[C@H](C)C4)ncc3c2)c1Cl.COc1cc(OC)c(Cl)c(-c2ccc3nc(C[C@H]4C[C@@H](C)N(C(=O)OC(C)(C)C)C4)ncc3c2)c1Cl.COc1cc(OC)c(Cl)c(-c2ccc3nc(Cl)ncc3c2)c1Cl.C[C@@H]1C[C@H](N)CN1C(=O)OC(C)(C)C. The van der Waals surface area contributed by atoms with Crippen LogP contribution in [0.4, 0.5) is 9.59 Å². The predicted molar refractivity (Wildman–Crippen MR) is 539 cm³/mol. The molecule has 0 bridgehead atoms. The Kier molecular flexibility index (Phi) is 34.9. The fourth-order valence-corrected chi connectivity index (χ4v) is 19.9. The summed E-state index contributed by atoms with van der Waals surface area (Å²) in [5.74, 6) is 7.44. The van der Waals surface area contributed by atoms with Crippen molar-refractivity contribution in [1.29, 1.82) is 0 Å². The number of amides is 3. The Labute approximate surface area is 831 Å². The van der Waals surface area contributed by atoms with Crippen LogP contribution < -0.4 is 48.9 Å². The molecule has 4 saturated heterocycles. The second kappa shape index (κ2) is 45.4. The van der Waals surface area contributed by atoms with Gasteiger partial charge in [0.25, 0.3) is 0 Å². The maximum Gasteiger partial charge on any atom is 0.410 e. The second-order valence-corrected chi connectivity index (χ2v) is 38.8. The van der Waals surface area contributed by atoms with Gasteiger partial charge in [0.1, 0.15) is 74.7 Å². The number of carbonyl (C=O) groups excluding carboxylic acids is 3. The average molecular weight is 2020 g/mol. The van der Waals surface area contributed by atoms with E-state index < -0.39 is 11.2 Å². The molecule has 0 spiro atoms. The number of methoxy groups -OCH3 is 8. The van der Waals surface area contributed by atoms with Crippen LogP contribution in [0.25, 0.3) is 88.1 Å². The van der Waals surface area contributed by atoms with Crippen LogP contribution in [0, 0.1) is 17.8 Å². The summed E-state index contributed by atoms with van der Waals surface area (Å²) < 4.78 is 53.7. The van der Waals surface area contributed by atoms with Crippen LogP contribution in [0.3, 0.4) is 0 Å². The fraction of sp³-hybridized carbons (Fsp3) is 0.390. The Bertz CT molecular complexity index is 6260. The number of nitrogens with one attached hydrogen (secondary N) is 1. The van der Waals surface area contributed by atoms with Crippen molar-refractivity contribution in [3.05, 3.63) is 197 Å². The maximum atomic E-state index is 12.6. The molecule has 26 nitrogen and oxygen atoms in total. The highest BCUT2D eigenvalue weighted by molar-refractivity contribution is 6.43. The molecule has 0 unspecified atom stereocenters. The number of ether oxygens (including phenoxy) is 10. The van der Waals surface area contributed by atoms with Crippen LogP contribution in [0.2, 0.25) is 45.5 Å². The summed E-state index contributed by atoms with van der Waals surface area (Å²) in [6.07, 6.45) is 14.1. The summed E-state index contributed by atoms with van der Waals surface area (Å²) in [6, 6.07) is 30.9. The molecule has 3 N–H and O–H groups in total. The van der Waals surface area contributed by atoms with Crippen molar-refractivity contribution in [3.8, 4) is 90.5 Å². The highest BCUT2D eigenvalue weighted by atomic mass is 35.5. The van der Waals surface area contributed by atoms with Gasteiger partial charge in [0.05, 0.1) is 119 Å². The normalized spacial score (nSPS) is 18.0. The summed E-state index contributed by atoms with van der Waals surface area (Å²) in [7, 11) is 12.4. The lowest BCUT2D eigenvalue weighted by Gasteiger charge is -2.27. The van der Waals surface area contributed by atoms with E-state index in [4.69, 9.17) is 172 Å². The molecular weight excluding hydrogens is 1910 g/mol. The summed E-state index contributed by atoms with van der Waals surface area (Å²) in [5, 5.41) is 10.5. The van der Waals surface area contributed by atoms with Crippen molar-refractivity contribution in [2.45, 2.75) is 156 Å². The monoisotopic (exact) mass is 2020 g/mol. The Morgan fingerprint density at radius 3 is 0.956 bits per heavy atom. The first-order valence-corrected chi connectivity index (χ1v) is 47.1. The van der Waals surface area contributed by atoms with Gasteiger partial charge in [0.2, 0.25) is 11.2 Å². The molecular formula is C100H110Cl9N13O13. The van der Waals surface area contributed by atoms with Gasteiger partial charge >= 0.3 is 12.2 Å². The highest BCUT2D eigenvalue weighted by Gasteiger charge is 2.38. The molecule has 0 saturated carbocycles. The van der Waals surface area contributed by atoms with Gasteiger partial charge in [0, 0.05) is 162 Å². The van der Waals surface area contributed by atoms with Crippen molar-refractivity contribution in [2.24, 2.45) is 23.5 Å².